The first kappa shape index (κ1) is 3.97. The van der Waals surface area contributed by atoms with E-state index in [1.165, 1.54) is 0 Å². The third-order valence-corrected chi connectivity index (χ3v) is 2.11. The van der Waals surface area contributed by atoms with Crippen molar-refractivity contribution in [1.29, 1.82) is 0 Å². The van der Waals surface area contributed by atoms with Crippen LogP contribution in [0.4, 0.5) is 0 Å². The zero-order chi connectivity index (χ0) is 7.84. The van der Waals surface area contributed by atoms with Gasteiger partial charge in [-0.1, -0.05) is 0 Å². The Morgan fingerprint density at radius 1 is 1.11 bits per heavy atom. The van der Waals surface area contributed by atoms with Crippen LogP contribution in [0.25, 0.3) is 0 Å². The Balaban J connectivity index is 2.02. The normalized spacial score (nSPS) is 62.2. The molecule has 0 saturated carbocycles. The highest BCUT2D eigenvalue weighted by atomic mass is 16.5. The van der Waals surface area contributed by atoms with E-state index in [1.807, 2.05) is 0 Å². The summed E-state index contributed by atoms with van der Waals surface area (Å²) in [5.74, 6) is 0. The molecule has 0 aliphatic carbocycles. The Kier molecular flexibility index (Phi) is 1.01. The van der Waals surface area contributed by atoms with Gasteiger partial charge in [-0.05, 0) is 38.5 Å². The van der Waals surface area contributed by atoms with Gasteiger partial charge in [0.25, 0.3) is 0 Å². The van der Waals surface area contributed by atoms with Crippen LogP contribution in [0.1, 0.15) is 41.2 Å². The molecular formula is C8H14O. The Morgan fingerprint density at radius 3 is 2.22 bits per heavy atom. The van der Waals surface area contributed by atoms with Crippen molar-refractivity contribution in [2.45, 2.75) is 50.7 Å². The Hall–Kier alpha value is -0.0400. The van der Waals surface area contributed by atoms with E-state index in [0.29, 0.717) is 0 Å². The lowest BCUT2D eigenvalue weighted by molar-refractivity contribution is -0.0823. The summed E-state index contributed by atoms with van der Waals surface area (Å²) in [7, 11) is 0. The van der Waals surface area contributed by atoms with E-state index >= 15 is 0 Å². The van der Waals surface area contributed by atoms with Gasteiger partial charge in [0.1, 0.15) is 0 Å². The van der Waals surface area contributed by atoms with E-state index in [0.717, 1.165) is 25.7 Å². The van der Waals surface area contributed by atoms with Gasteiger partial charge in [-0.3, -0.25) is 0 Å². The fourth-order valence-electron chi connectivity index (χ4n) is 1.60. The van der Waals surface area contributed by atoms with Crippen LogP contribution < -0.4 is 0 Å². The van der Waals surface area contributed by atoms with Crippen LogP contribution in [-0.4, -0.2) is 12.2 Å². The van der Waals surface area contributed by atoms with Crippen LogP contribution in [-0.2, 0) is 4.74 Å². The molecule has 0 aromatic carbocycles. The van der Waals surface area contributed by atoms with Gasteiger partial charge in [0.2, 0.25) is 0 Å². The Labute approximate surface area is 59.2 Å². The molecule has 1 nitrogen and oxygen atoms in total. The Morgan fingerprint density at radius 2 is 1.67 bits per heavy atom. The predicted octanol–water partition coefficient (Wildman–Crippen LogP) is 2.11. The lowest BCUT2D eigenvalue weighted by atomic mass is 9.92. The molecule has 0 aromatic rings. The zero-order valence-electron chi connectivity index (χ0n) is 7.55. The summed E-state index contributed by atoms with van der Waals surface area (Å²) in [4.78, 5) is 0. The van der Waals surface area contributed by atoms with Gasteiger partial charge in [0, 0.05) is 2.74 Å². The molecule has 9 heavy (non-hydrogen) atoms. The molecule has 0 amide bonds. The van der Waals surface area contributed by atoms with Crippen molar-refractivity contribution >= 4 is 0 Å². The molecule has 0 aromatic heterocycles. The second-order valence-electron chi connectivity index (χ2n) is 2.84. The summed E-state index contributed by atoms with van der Waals surface area (Å²) in [5, 5.41) is 0. The third kappa shape index (κ3) is 1.11. The first-order valence-corrected chi connectivity index (χ1v) is 3.77. The standard InChI is InChI=1S/C8H14O/c1-3-7-5-2-6-8(4-1)9-7/h7-8H,1-6H2/i3D,6D. The van der Waals surface area contributed by atoms with Crippen molar-refractivity contribution in [2.75, 3.05) is 0 Å². The van der Waals surface area contributed by atoms with Crippen LogP contribution in [0.15, 0.2) is 0 Å². The monoisotopic (exact) mass is 128 g/mol. The molecule has 0 radical (unpaired) electrons. The van der Waals surface area contributed by atoms with Crippen molar-refractivity contribution in [1.82, 2.24) is 0 Å². The second kappa shape index (κ2) is 2.30. The average molecular weight is 128 g/mol. The van der Waals surface area contributed by atoms with Crippen LogP contribution in [0.3, 0.4) is 0 Å². The fraction of sp³-hybridized carbons (Fsp3) is 1.00. The summed E-state index contributed by atoms with van der Waals surface area (Å²) in [6, 6.07) is 0. The van der Waals surface area contributed by atoms with E-state index < -0.39 is 0 Å². The van der Waals surface area contributed by atoms with E-state index in [2.05, 4.69) is 0 Å². The van der Waals surface area contributed by atoms with Crippen molar-refractivity contribution in [3.05, 3.63) is 0 Å². The van der Waals surface area contributed by atoms with Gasteiger partial charge >= 0.3 is 0 Å². The summed E-state index contributed by atoms with van der Waals surface area (Å²) in [6.45, 7) is 0. The predicted molar refractivity (Wildman–Crippen MR) is 36.4 cm³/mol. The number of rotatable bonds is 0. The van der Waals surface area contributed by atoms with E-state index in [9.17, 15) is 0 Å². The van der Waals surface area contributed by atoms with E-state index in [4.69, 9.17) is 7.48 Å². The molecule has 2 heterocycles. The zero-order valence-corrected chi connectivity index (χ0v) is 5.55. The molecule has 1 heteroatoms. The molecule has 4 unspecified atom stereocenters. The summed E-state index contributed by atoms with van der Waals surface area (Å²) >= 11 is 0. The molecule has 4 atom stereocenters. The van der Waals surface area contributed by atoms with Gasteiger partial charge in [-0.2, -0.15) is 0 Å². The second-order valence-corrected chi connectivity index (χ2v) is 2.84. The molecule has 2 bridgehead atoms. The van der Waals surface area contributed by atoms with E-state index in [-0.39, 0.29) is 25.0 Å². The van der Waals surface area contributed by atoms with Gasteiger partial charge in [0.15, 0.2) is 0 Å². The highest BCUT2D eigenvalue weighted by Gasteiger charge is 2.25. The van der Waals surface area contributed by atoms with Gasteiger partial charge in [-0.15, -0.1) is 0 Å². The number of ether oxygens (including phenoxy) is 1. The number of hydrogen-bond acceptors (Lipinski definition) is 1. The van der Waals surface area contributed by atoms with Gasteiger partial charge in [-0.25, -0.2) is 0 Å². The highest BCUT2D eigenvalue weighted by Crippen LogP contribution is 2.30. The highest BCUT2D eigenvalue weighted by molar-refractivity contribution is 4.76. The minimum absolute atomic E-state index is 0.0150. The number of fused-ring (bicyclic) bond motifs is 2. The van der Waals surface area contributed by atoms with Crippen molar-refractivity contribution in [3.8, 4) is 0 Å². The molecule has 2 aliphatic heterocycles. The maximum atomic E-state index is 7.63. The molecule has 52 valence electrons. The molecule has 0 N–H and O–H groups in total. The minimum atomic E-state index is -0.0150. The quantitative estimate of drug-likeness (QED) is 0.485. The molecule has 0 spiro atoms. The largest absolute Gasteiger partial charge is 0.375 e. The lowest BCUT2D eigenvalue weighted by Gasteiger charge is -2.34. The van der Waals surface area contributed by atoms with Crippen LogP contribution in [0.2, 0.25) is 0 Å². The minimum Gasteiger partial charge on any atom is -0.375 e. The molecule has 2 rings (SSSR count). The summed E-state index contributed by atoms with van der Waals surface area (Å²) in [6.07, 6.45) is 4.00. The van der Waals surface area contributed by atoms with E-state index in [1.54, 1.807) is 0 Å². The maximum absolute atomic E-state index is 7.63. The van der Waals surface area contributed by atoms with Gasteiger partial charge in [0.05, 0.1) is 12.2 Å². The topological polar surface area (TPSA) is 9.23 Å². The number of hydrogen-bond donors (Lipinski definition) is 0. The molecule has 2 saturated heterocycles. The fourth-order valence-corrected chi connectivity index (χ4v) is 1.60. The SMILES string of the molecule is [2H]C1CCC2OC1CCC2[2H]. The van der Waals surface area contributed by atoms with Gasteiger partial charge < -0.3 is 4.74 Å². The first-order chi connectivity index (χ1) is 5.27. The van der Waals surface area contributed by atoms with Crippen LogP contribution in [0, 0.1) is 0 Å². The maximum Gasteiger partial charge on any atom is 0.0579 e. The smallest absolute Gasteiger partial charge is 0.0579 e. The molecule has 2 aliphatic rings. The molecule has 2 fully saturated rings. The van der Waals surface area contributed by atoms with Crippen molar-refractivity contribution in [2.24, 2.45) is 0 Å². The summed E-state index contributed by atoms with van der Waals surface area (Å²) in [5.41, 5.74) is 0. The average Bonchev–Trinajstić information content (AvgIpc) is 2.02. The van der Waals surface area contributed by atoms with Crippen LogP contribution in [0.5, 0.6) is 0 Å². The van der Waals surface area contributed by atoms with Crippen molar-refractivity contribution < 1.29 is 7.48 Å². The third-order valence-electron chi connectivity index (χ3n) is 2.11. The first-order valence-electron chi connectivity index (χ1n) is 4.93. The van der Waals surface area contributed by atoms with Crippen LogP contribution >= 0.6 is 0 Å². The molecular weight excluding hydrogens is 112 g/mol. The Bertz CT molecular complexity index is 135. The lowest BCUT2D eigenvalue weighted by Crippen LogP contribution is -2.31. The van der Waals surface area contributed by atoms with Crippen molar-refractivity contribution in [3.63, 3.8) is 0 Å². The summed E-state index contributed by atoms with van der Waals surface area (Å²) < 4.78 is 20.8.